The third-order valence-corrected chi connectivity index (χ3v) is 16.3. The molecule has 0 aromatic carbocycles. The number of amides is 1. The summed E-state index contributed by atoms with van der Waals surface area (Å²) in [6, 6.07) is 5.97. The number of carboxylic acids is 1. The van der Waals surface area contributed by atoms with E-state index < -0.39 is 31.6 Å². The lowest BCUT2D eigenvalue weighted by Gasteiger charge is -2.37. The van der Waals surface area contributed by atoms with Gasteiger partial charge in [0.15, 0.2) is 17.5 Å². The fourth-order valence-electron chi connectivity index (χ4n) is 7.68. The lowest BCUT2D eigenvalue weighted by molar-refractivity contribution is 0.0605. The first-order chi connectivity index (χ1) is 36.6. The SMILES string of the molecule is C[C@@H]1CC[C@@H](c2nc(C(C)(C)O)cs2)CN1.C[C@@H]1CC[C@@H](c2nc(C(C)(C)O)cs2)CN1C(=O)c1cscc1-c1ncccn1.O=C(Cl)c1cscc1-c1ncccn1.O=C(O)c1cscc1-c1ncccn1.O=S(Cl)Cl. The number of carbonyl (C=O) groups excluding carboxylic acids is 2. The van der Waals surface area contributed by atoms with Crippen LogP contribution in [0, 0.1) is 0 Å². The number of nitrogens with zero attached hydrogens (tertiary/aromatic N) is 9. The molecule has 10 heterocycles. The molecule has 0 bridgehead atoms. The number of likely N-dealkylation sites (tertiary alicyclic amines) is 1. The molecule has 408 valence electrons. The molecular formula is C51H55Cl3N10O7S6. The fourth-order valence-corrected chi connectivity index (χ4v) is 12.5. The number of piperidine rings is 2. The van der Waals surface area contributed by atoms with Crippen LogP contribution in [0.25, 0.3) is 34.2 Å². The van der Waals surface area contributed by atoms with Gasteiger partial charge in [0.1, 0.15) is 11.2 Å². The van der Waals surface area contributed by atoms with Crippen molar-refractivity contribution in [1.82, 2.24) is 50.1 Å². The van der Waals surface area contributed by atoms with Crippen molar-refractivity contribution in [2.45, 2.75) is 102 Å². The van der Waals surface area contributed by atoms with Gasteiger partial charge in [-0.15, -0.1) is 22.7 Å². The number of carboxylic acid groups (broad SMARTS) is 1. The van der Waals surface area contributed by atoms with Gasteiger partial charge in [-0.25, -0.2) is 48.9 Å². The largest absolute Gasteiger partial charge is 0.478 e. The number of halogens is 3. The average molecular weight is 1220 g/mol. The highest BCUT2D eigenvalue weighted by Crippen LogP contribution is 2.36. The van der Waals surface area contributed by atoms with Gasteiger partial charge in [-0.05, 0) is 97.0 Å². The Morgan fingerprint density at radius 1 is 0.623 bits per heavy atom. The Bertz CT molecular complexity index is 3070. The molecule has 2 aliphatic rings. The van der Waals surface area contributed by atoms with Gasteiger partial charge in [0, 0.05) is 155 Å². The third kappa shape index (κ3) is 17.8. The van der Waals surface area contributed by atoms with Crippen LogP contribution in [0.2, 0.25) is 0 Å². The van der Waals surface area contributed by atoms with Gasteiger partial charge in [-0.1, -0.05) is 0 Å². The zero-order valence-electron chi connectivity index (χ0n) is 42.4. The van der Waals surface area contributed by atoms with E-state index in [1.807, 2.05) is 31.8 Å². The lowest BCUT2D eigenvalue weighted by Crippen LogP contribution is -2.44. The molecule has 8 aromatic heterocycles. The molecule has 2 aliphatic heterocycles. The van der Waals surface area contributed by atoms with Crippen LogP contribution in [0.1, 0.15) is 132 Å². The topological polar surface area (TPSA) is 247 Å². The Morgan fingerprint density at radius 2 is 1.03 bits per heavy atom. The standard InChI is InChI=1S/C21H24N4O2S2.C12H20N2OS.C9H5ClN2OS.C9H6N2O2S.Cl2OS/c1-13-5-6-14(19-24-17(12-29-19)21(2,3)27)9-25(13)20(26)16-11-28-10-15(16)18-22-7-4-8-23-18;1-8-4-5-9(6-13-8)11-14-10(7-16-11)12(2,3)15;10-8(13)6-4-14-5-7(6)9-11-2-1-3-12-9;12-9(13)7-5-14-4-6(7)8-10-2-1-3-11-8;1-4(2)3/h4,7-8,10-14,27H,5-6,9H2,1-3H3;7-9,13,15H,4-6H2,1-3H3;1-5H;1-5H,(H,12,13);/t13-,14-;8-,9-;;;/m11.../s1. The highest BCUT2D eigenvalue weighted by atomic mass is 36.0. The van der Waals surface area contributed by atoms with Crippen molar-refractivity contribution in [3.63, 3.8) is 0 Å². The van der Waals surface area contributed by atoms with Gasteiger partial charge in [0.05, 0.1) is 38.1 Å². The number of aliphatic hydroxyl groups is 2. The Morgan fingerprint density at radius 3 is 1.43 bits per heavy atom. The van der Waals surface area contributed by atoms with E-state index >= 15 is 0 Å². The summed E-state index contributed by atoms with van der Waals surface area (Å²) < 4.78 is 9.09. The van der Waals surface area contributed by atoms with E-state index in [1.54, 1.807) is 122 Å². The molecule has 0 spiro atoms. The minimum absolute atomic E-state index is 0.0187. The number of hydrogen-bond acceptors (Lipinski definition) is 20. The van der Waals surface area contributed by atoms with Crippen LogP contribution in [0.5, 0.6) is 0 Å². The van der Waals surface area contributed by atoms with E-state index in [0.29, 0.717) is 63.9 Å². The maximum absolute atomic E-state index is 13.4. The van der Waals surface area contributed by atoms with Gasteiger partial charge in [0.2, 0.25) is 9.23 Å². The van der Waals surface area contributed by atoms with Gasteiger partial charge >= 0.3 is 5.97 Å². The number of rotatable bonds is 10. The molecule has 0 radical (unpaired) electrons. The van der Waals surface area contributed by atoms with Crippen molar-refractivity contribution in [3.05, 3.63) is 137 Å². The molecule has 0 saturated carbocycles. The summed E-state index contributed by atoms with van der Waals surface area (Å²) in [4.78, 5) is 71.1. The number of hydrogen-bond donors (Lipinski definition) is 4. The van der Waals surface area contributed by atoms with Crippen LogP contribution in [0.4, 0.5) is 0 Å². The Labute approximate surface area is 482 Å². The summed E-state index contributed by atoms with van der Waals surface area (Å²) in [6.45, 7) is 13.0. The number of thiophene rings is 3. The molecule has 8 aromatic rings. The van der Waals surface area contributed by atoms with Crippen molar-refractivity contribution < 1.29 is 33.9 Å². The van der Waals surface area contributed by atoms with Crippen LogP contribution in [-0.2, 0) is 20.4 Å². The fraction of sp³-hybridized carbons (Fsp3) is 0.353. The monoisotopic (exact) mass is 1220 g/mol. The van der Waals surface area contributed by atoms with E-state index in [-0.39, 0.29) is 23.4 Å². The molecule has 77 heavy (non-hydrogen) atoms. The van der Waals surface area contributed by atoms with Crippen molar-refractivity contribution in [2.24, 2.45) is 0 Å². The predicted molar refractivity (Wildman–Crippen MR) is 310 cm³/mol. The lowest BCUT2D eigenvalue weighted by atomic mass is 9.93. The van der Waals surface area contributed by atoms with Gasteiger partial charge in [-0.3, -0.25) is 9.59 Å². The molecule has 1 amide bonds. The average Bonchev–Trinajstić information content (AvgIpc) is 4.27. The maximum Gasteiger partial charge on any atom is 0.337 e. The number of nitrogens with one attached hydrogen (secondary N) is 1. The zero-order valence-corrected chi connectivity index (χ0v) is 49.6. The van der Waals surface area contributed by atoms with Crippen molar-refractivity contribution in [1.29, 1.82) is 0 Å². The van der Waals surface area contributed by atoms with Crippen LogP contribution >= 0.6 is 89.6 Å². The molecule has 10 rings (SSSR count). The molecule has 0 unspecified atom stereocenters. The van der Waals surface area contributed by atoms with Crippen molar-refractivity contribution >= 4 is 116 Å². The van der Waals surface area contributed by atoms with Gasteiger partial charge < -0.3 is 25.5 Å². The smallest absolute Gasteiger partial charge is 0.337 e. The molecule has 26 heteroatoms. The molecule has 4 atom stereocenters. The first-order valence-electron chi connectivity index (χ1n) is 23.7. The second-order valence-corrected chi connectivity index (χ2v) is 25.4. The number of aromatic nitrogens is 8. The predicted octanol–water partition coefficient (Wildman–Crippen LogP) is 12.1. The first kappa shape index (κ1) is 61.3. The first-order valence-corrected chi connectivity index (χ1v) is 31.5. The highest BCUT2D eigenvalue weighted by molar-refractivity contribution is 8.26. The van der Waals surface area contributed by atoms with Crippen LogP contribution in [0.3, 0.4) is 0 Å². The summed E-state index contributed by atoms with van der Waals surface area (Å²) in [5.74, 6) is 1.33. The van der Waals surface area contributed by atoms with Crippen molar-refractivity contribution in [3.8, 4) is 34.2 Å². The molecule has 4 N–H and O–H groups in total. The number of thiazole rings is 2. The van der Waals surface area contributed by atoms with Gasteiger partial charge in [-0.2, -0.15) is 34.0 Å². The highest BCUT2D eigenvalue weighted by Gasteiger charge is 2.34. The maximum atomic E-state index is 13.4. The molecule has 17 nitrogen and oxygen atoms in total. The van der Waals surface area contributed by atoms with Crippen LogP contribution in [-0.4, -0.2) is 107 Å². The van der Waals surface area contributed by atoms with Gasteiger partial charge in [0.25, 0.3) is 11.1 Å². The quantitative estimate of drug-likeness (QED) is 0.0930. The summed E-state index contributed by atoms with van der Waals surface area (Å²) in [7, 11) is 7.36. The van der Waals surface area contributed by atoms with E-state index in [4.69, 9.17) is 20.9 Å². The number of aromatic carboxylic acids is 1. The Kier molecular flexibility index (Phi) is 23.0. The van der Waals surface area contributed by atoms with Crippen LogP contribution in [0.15, 0.2) is 98.4 Å². The van der Waals surface area contributed by atoms with Crippen LogP contribution < -0.4 is 5.32 Å². The minimum Gasteiger partial charge on any atom is -0.478 e. The molecular weight excluding hydrogens is 1160 g/mol. The summed E-state index contributed by atoms with van der Waals surface area (Å²) >= 11 is 12.9. The normalized spacial score (nSPS) is 17.3. The Hall–Kier alpha value is -4.89. The zero-order chi connectivity index (χ0) is 55.9. The Balaban J connectivity index is 0.000000171. The summed E-state index contributed by atoms with van der Waals surface area (Å²) in [5, 5.41) is 48.7. The molecule has 2 saturated heterocycles. The van der Waals surface area contributed by atoms with E-state index in [0.717, 1.165) is 40.7 Å². The van der Waals surface area contributed by atoms with E-state index in [1.165, 1.54) is 46.9 Å². The second kappa shape index (κ2) is 28.8. The number of carbonyl (C=O) groups is 3. The summed E-state index contributed by atoms with van der Waals surface area (Å²) in [6.07, 6.45) is 14.1. The molecule has 2 fully saturated rings. The second-order valence-electron chi connectivity index (χ2n) is 18.5. The third-order valence-electron chi connectivity index (χ3n) is 11.9. The molecule has 0 aliphatic carbocycles. The van der Waals surface area contributed by atoms with E-state index in [2.05, 4.69) is 80.4 Å². The minimum atomic E-state index is -1.67. The van der Waals surface area contributed by atoms with Crippen molar-refractivity contribution in [2.75, 3.05) is 13.1 Å². The van der Waals surface area contributed by atoms with E-state index in [9.17, 15) is 24.6 Å². The summed E-state index contributed by atoms with van der Waals surface area (Å²) in [5.41, 5.74) is 3.14.